The van der Waals surface area contributed by atoms with Gasteiger partial charge in [-0.15, -0.1) is 11.3 Å². The van der Waals surface area contributed by atoms with Crippen LogP contribution in [0.5, 0.6) is 0 Å². The van der Waals surface area contributed by atoms with Gasteiger partial charge in [0.05, 0.1) is 10.4 Å². The average molecular weight is 383 g/mol. The molecule has 8 heteroatoms. The van der Waals surface area contributed by atoms with Crippen LogP contribution in [0, 0.1) is 6.92 Å². The zero-order chi connectivity index (χ0) is 14.8. The van der Waals surface area contributed by atoms with E-state index in [9.17, 15) is 8.42 Å². The summed E-state index contributed by atoms with van der Waals surface area (Å²) in [7, 11) is -3.39. The first-order valence-electron chi connectivity index (χ1n) is 6.54. The van der Waals surface area contributed by atoms with Crippen molar-refractivity contribution in [1.29, 1.82) is 0 Å². The van der Waals surface area contributed by atoms with Crippen LogP contribution in [0.4, 0.5) is 0 Å². The van der Waals surface area contributed by atoms with Crippen molar-refractivity contribution < 1.29 is 13.5 Å². The summed E-state index contributed by atoms with van der Waals surface area (Å²) < 4.78 is 28.1. The fourth-order valence-corrected chi connectivity index (χ4v) is 6.09. The van der Waals surface area contributed by atoms with E-state index in [1.54, 1.807) is 10.4 Å². The average Bonchev–Trinajstić information content (AvgIpc) is 2.63. The lowest BCUT2D eigenvalue weighted by Gasteiger charge is -2.20. The molecule has 2 rings (SSSR count). The first-order valence-corrected chi connectivity index (χ1v) is 9.59. The molecule has 0 amide bonds. The molecular weight excluding hydrogens is 364 g/mol. The van der Waals surface area contributed by atoms with Gasteiger partial charge < -0.3 is 5.11 Å². The highest BCUT2D eigenvalue weighted by Crippen LogP contribution is 2.32. The van der Waals surface area contributed by atoms with E-state index in [0.717, 1.165) is 22.3 Å². The van der Waals surface area contributed by atoms with Crippen LogP contribution in [-0.4, -0.2) is 62.1 Å². The zero-order valence-corrected chi connectivity index (χ0v) is 14.6. The molecule has 1 N–H and O–H groups in total. The first kappa shape index (κ1) is 16.4. The Hall–Kier alpha value is 0.01000. The molecule has 0 atom stereocenters. The van der Waals surface area contributed by atoms with Gasteiger partial charge in [-0.3, -0.25) is 4.90 Å². The van der Waals surface area contributed by atoms with Gasteiger partial charge in [-0.25, -0.2) is 8.42 Å². The van der Waals surface area contributed by atoms with Crippen LogP contribution in [0.2, 0.25) is 0 Å². The fourth-order valence-electron chi connectivity index (χ4n) is 2.24. The van der Waals surface area contributed by atoms with Gasteiger partial charge in [-0.1, -0.05) is 0 Å². The van der Waals surface area contributed by atoms with Crippen molar-refractivity contribution in [3.63, 3.8) is 0 Å². The summed E-state index contributed by atoms with van der Waals surface area (Å²) in [6.07, 6.45) is 0.796. The normalized spacial score (nSPS) is 19.1. The Morgan fingerprint density at radius 1 is 1.35 bits per heavy atom. The first-order chi connectivity index (χ1) is 9.45. The predicted molar refractivity (Wildman–Crippen MR) is 83.7 cm³/mol. The molecule has 5 nitrogen and oxygen atoms in total. The third kappa shape index (κ3) is 3.61. The van der Waals surface area contributed by atoms with E-state index in [0.29, 0.717) is 30.4 Å². The quantitative estimate of drug-likeness (QED) is 0.856. The Bertz CT molecular complexity index is 540. The number of nitrogens with zero attached hydrogens (tertiary/aromatic N) is 2. The minimum absolute atomic E-state index is 0.115. The molecule has 0 radical (unpaired) electrons. The molecule has 0 aromatic carbocycles. The van der Waals surface area contributed by atoms with Gasteiger partial charge in [0.2, 0.25) is 0 Å². The minimum Gasteiger partial charge on any atom is -0.395 e. The van der Waals surface area contributed by atoms with Crippen LogP contribution in [0.1, 0.15) is 12.0 Å². The smallest absolute Gasteiger partial charge is 0.252 e. The number of sulfonamides is 1. The molecule has 20 heavy (non-hydrogen) atoms. The summed E-state index contributed by atoms with van der Waals surface area (Å²) in [4.78, 5) is 2.10. The van der Waals surface area contributed by atoms with Crippen LogP contribution in [0.15, 0.2) is 14.1 Å². The Kier molecular flexibility index (Phi) is 5.61. The van der Waals surface area contributed by atoms with Crippen molar-refractivity contribution in [3.05, 3.63) is 15.4 Å². The molecule has 114 valence electrons. The van der Waals surface area contributed by atoms with Crippen LogP contribution < -0.4 is 0 Å². The molecular formula is C12H19BrN2O3S2. The minimum atomic E-state index is -3.39. The van der Waals surface area contributed by atoms with Gasteiger partial charge in [-0.2, -0.15) is 4.31 Å². The SMILES string of the molecule is Cc1cc(S(=O)(=O)N2CCCN(CCO)CC2)sc1Br. The Labute approximate surface area is 132 Å². The summed E-state index contributed by atoms with van der Waals surface area (Å²) in [5, 5.41) is 8.97. The highest BCUT2D eigenvalue weighted by Gasteiger charge is 2.28. The Morgan fingerprint density at radius 3 is 2.70 bits per heavy atom. The summed E-state index contributed by atoms with van der Waals surface area (Å²) in [6.45, 7) is 5.15. The van der Waals surface area contributed by atoms with Crippen LogP contribution >= 0.6 is 27.3 Å². The van der Waals surface area contributed by atoms with Crippen LogP contribution in [-0.2, 0) is 10.0 Å². The number of aliphatic hydroxyl groups is 1. The maximum absolute atomic E-state index is 12.6. The van der Waals surface area contributed by atoms with E-state index >= 15 is 0 Å². The lowest BCUT2D eigenvalue weighted by atomic mass is 10.4. The molecule has 0 unspecified atom stereocenters. The van der Waals surface area contributed by atoms with E-state index in [-0.39, 0.29) is 6.61 Å². The maximum atomic E-state index is 12.6. The maximum Gasteiger partial charge on any atom is 0.252 e. The molecule has 1 aliphatic rings. The van der Waals surface area contributed by atoms with Crippen LogP contribution in [0.3, 0.4) is 0 Å². The third-order valence-electron chi connectivity index (χ3n) is 3.39. The summed E-state index contributed by atoms with van der Waals surface area (Å²) in [5.41, 5.74) is 0.949. The highest BCUT2D eigenvalue weighted by molar-refractivity contribution is 9.11. The van der Waals surface area contributed by atoms with Gasteiger partial charge in [0.1, 0.15) is 4.21 Å². The number of hydrogen-bond donors (Lipinski definition) is 1. The number of rotatable bonds is 4. The van der Waals surface area contributed by atoms with E-state index in [4.69, 9.17) is 5.11 Å². The topological polar surface area (TPSA) is 60.9 Å². The van der Waals surface area contributed by atoms with Gasteiger partial charge in [-0.05, 0) is 47.4 Å². The lowest BCUT2D eigenvalue weighted by Crippen LogP contribution is -2.35. The number of β-amino-alcohol motifs (C(OH)–C–C–N with tert-alkyl or cyclic N) is 1. The third-order valence-corrected chi connectivity index (χ3v) is 7.88. The predicted octanol–water partition coefficient (Wildman–Crippen LogP) is 1.51. The lowest BCUT2D eigenvalue weighted by molar-refractivity contribution is 0.202. The highest BCUT2D eigenvalue weighted by atomic mass is 79.9. The second-order valence-corrected chi connectivity index (χ2v) is 9.38. The van der Waals surface area contributed by atoms with Crippen molar-refractivity contribution in [2.75, 3.05) is 39.3 Å². The summed E-state index contributed by atoms with van der Waals surface area (Å²) in [6, 6.07) is 1.72. The number of thiophene rings is 1. The molecule has 1 aromatic rings. The Balaban J connectivity index is 2.13. The van der Waals surface area contributed by atoms with Crippen molar-refractivity contribution >= 4 is 37.3 Å². The van der Waals surface area contributed by atoms with E-state index in [2.05, 4.69) is 20.8 Å². The van der Waals surface area contributed by atoms with Gasteiger partial charge in [0, 0.05) is 26.2 Å². The molecule has 0 aliphatic carbocycles. The van der Waals surface area contributed by atoms with E-state index in [1.807, 2.05) is 6.92 Å². The molecule has 1 aromatic heterocycles. The standard InChI is InChI=1S/C12H19BrN2O3S2/c1-10-9-11(19-12(10)13)20(17,18)15-4-2-3-14(5-6-15)7-8-16/h9,16H,2-8H2,1H3. The number of halogens is 1. The molecule has 0 spiro atoms. The largest absolute Gasteiger partial charge is 0.395 e. The zero-order valence-electron chi connectivity index (χ0n) is 11.4. The molecule has 1 aliphatic heterocycles. The molecule has 0 saturated carbocycles. The second-order valence-electron chi connectivity index (χ2n) is 4.85. The van der Waals surface area contributed by atoms with E-state index < -0.39 is 10.0 Å². The summed E-state index contributed by atoms with van der Waals surface area (Å²) in [5.74, 6) is 0. The summed E-state index contributed by atoms with van der Waals surface area (Å²) >= 11 is 4.64. The Morgan fingerprint density at radius 2 is 2.10 bits per heavy atom. The van der Waals surface area contributed by atoms with E-state index in [1.165, 1.54) is 11.3 Å². The van der Waals surface area contributed by atoms with Crippen molar-refractivity contribution in [1.82, 2.24) is 9.21 Å². The van der Waals surface area contributed by atoms with Crippen LogP contribution in [0.25, 0.3) is 0 Å². The fraction of sp³-hybridized carbons (Fsp3) is 0.667. The van der Waals surface area contributed by atoms with Gasteiger partial charge >= 0.3 is 0 Å². The number of hydrogen-bond acceptors (Lipinski definition) is 5. The van der Waals surface area contributed by atoms with Gasteiger partial charge in [0.15, 0.2) is 0 Å². The van der Waals surface area contributed by atoms with Crippen molar-refractivity contribution in [2.45, 2.75) is 17.6 Å². The van der Waals surface area contributed by atoms with Crippen molar-refractivity contribution in [2.24, 2.45) is 0 Å². The molecule has 1 fully saturated rings. The number of aryl methyl sites for hydroxylation is 1. The monoisotopic (exact) mass is 382 g/mol. The van der Waals surface area contributed by atoms with Crippen molar-refractivity contribution in [3.8, 4) is 0 Å². The number of aliphatic hydroxyl groups excluding tert-OH is 1. The molecule has 2 heterocycles. The molecule has 1 saturated heterocycles. The second kappa shape index (κ2) is 6.85. The molecule has 0 bridgehead atoms. The van der Waals surface area contributed by atoms with Gasteiger partial charge in [0.25, 0.3) is 10.0 Å².